The van der Waals surface area contributed by atoms with Crippen molar-refractivity contribution in [3.63, 3.8) is 0 Å². The predicted octanol–water partition coefficient (Wildman–Crippen LogP) is 7.96. The van der Waals surface area contributed by atoms with Gasteiger partial charge in [-0.1, -0.05) is 109 Å². The van der Waals surface area contributed by atoms with Gasteiger partial charge in [0.05, 0.1) is 43.9 Å². The molecule has 4 aromatic carbocycles. The molecule has 2 fully saturated rings. The van der Waals surface area contributed by atoms with Gasteiger partial charge in [-0.15, -0.1) is 0 Å². The molecule has 0 unspecified atom stereocenters. The first kappa shape index (κ1) is 40.6. The topological polar surface area (TPSA) is 175 Å². The van der Waals surface area contributed by atoms with Crippen LogP contribution in [0.3, 0.4) is 0 Å². The number of ether oxygens (including phenoxy) is 2. The molecule has 0 bridgehead atoms. The fourth-order valence-corrected chi connectivity index (χ4v) is 8.42. The van der Waals surface area contributed by atoms with Crippen LogP contribution in [0.5, 0.6) is 0 Å². The van der Waals surface area contributed by atoms with Gasteiger partial charge in [0, 0.05) is 24.3 Å². The second-order valence-electron chi connectivity index (χ2n) is 15.3. The normalized spacial score (nSPS) is 17.1. The Labute approximate surface area is 353 Å². The number of alkyl carbamates (subject to hydrolysis) is 2. The summed E-state index contributed by atoms with van der Waals surface area (Å²) in [5, 5.41) is 5.43. The molecule has 4 heterocycles. The summed E-state index contributed by atoms with van der Waals surface area (Å²) in [5.41, 5.74) is 7.90. The largest absolute Gasteiger partial charge is 0.453 e. The number of imidazole rings is 2. The molecule has 2 aliphatic rings. The first-order chi connectivity index (χ1) is 29.7. The minimum atomic E-state index is -0.888. The van der Waals surface area contributed by atoms with Crippen molar-refractivity contribution in [2.75, 3.05) is 27.3 Å². The standard InChI is InChI=1S/C47H48N8O6/c1-29-39(51-43(49-29)38-17-11-27-55(38)45(57)41(53-47(59)61-3)34-14-8-5-9-15-34)35-24-20-31(21-25-35)30-18-22-32(23-19-30)36-28-48-42(50-36)37-16-10-26-54(37)44(56)40(52-46(58)60-2)33-12-6-4-7-13-33/h4-9,12-15,18-25,28,37-38,40-41H,10-11,16-17,26-27H2,1-3H3,(H,48,50)(H,49,51)(H,52,58)(H,53,59)/t37-,38+,40+,41-/m1/s1. The van der Waals surface area contributed by atoms with Gasteiger partial charge < -0.3 is 39.9 Å². The van der Waals surface area contributed by atoms with E-state index in [2.05, 4.69) is 57.0 Å². The number of methoxy groups -OCH3 is 2. The highest BCUT2D eigenvalue weighted by Crippen LogP contribution is 2.37. The van der Waals surface area contributed by atoms with E-state index in [0.29, 0.717) is 35.9 Å². The lowest BCUT2D eigenvalue weighted by molar-refractivity contribution is -0.135. The molecule has 8 rings (SSSR count). The number of hydrogen-bond donors (Lipinski definition) is 4. The number of rotatable bonds is 11. The fourth-order valence-electron chi connectivity index (χ4n) is 8.42. The van der Waals surface area contributed by atoms with Gasteiger partial charge in [-0.2, -0.15) is 0 Å². The molecule has 2 aromatic heterocycles. The Morgan fingerprint density at radius 3 is 1.57 bits per heavy atom. The van der Waals surface area contributed by atoms with Gasteiger partial charge in [0.2, 0.25) is 0 Å². The zero-order chi connectivity index (χ0) is 42.5. The number of carbonyl (C=O) groups excluding carboxylic acids is 4. The van der Waals surface area contributed by atoms with E-state index in [9.17, 15) is 19.2 Å². The molecule has 2 saturated heterocycles. The van der Waals surface area contributed by atoms with Crippen molar-refractivity contribution < 1.29 is 28.7 Å². The number of likely N-dealkylation sites (tertiary alicyclic amines) is 2. The second-order valence-corrected chi connectivity index (χ2v) is 15.3. The van der Waals surface area contributed by atoms with Crippen LogP contribution in [-0.4, -0.2) is 81.0 Å². The summed E-state index contributed by atoms with van der Waals surface area (Å²) in [6, 6.07) is 32.5. The lowest BCUT2D eigenvalue weighted by atomic mass is 10.0. The molecule has 61 heavy (non-hydrogen) atoms. The fraction of sp³-hybridized carbons (Fsp3) is 0.277. The van der Waals surface area contributed by atoms with Crippen LogP contribution in [0.1, 0.15) is 78.3 Å². The number of nitrogens with one attached hydrogen (secondary N) is 4. The first-order valence-corrected chi connectivity index (χ1v) is 20.4. The zero-order valence-corrected chi connectivity index (χ0v) is 34.3. The number of nitrogens with zero attached hydrogens (tertiary/aromatic N) is 4. The Hall–Kier alpha value is -7.22. The number of hydrogen-bond acceptors (Lipinski definition) is 8. The van der Waals surface area contributed by atoms with Gasteiger partial charge >= 0.3 is 12.2 Å². The Balaban J connectivity index is 0.943. The van der Waals surface area contributed by atoms with Crippen molar-refractivity contribution in [3.8, 4) is 33.6 Å². The maximum absolute atomic E-state index is 14.0. The van der Waals surface area contributed by atoms with Crippen LogP contribution in [0.25, 0.3) is 33.6 Å². The highest BCUT2D eigenvalue weighted by atomic mass is 16.5. The Bertz CT molecular complexity index is 2490. The number of amides is 4. The van der Waals surface area contributed by atoms with Crippen molar-refractivity contribution in [1.29, 1.82) is 0 Å². The molecule has 0 radical (unpaired) electrons. The molecule has 14 heteroatoms. The lowest BCUT2D eigenvalue weighted by Crippen LogP contribution is -2.42. The number of aryl methyl sites for hydroxylation is 1. The molecule has 0 aliphatic carbocycles. The van der Waals surface area contributed by atoms with Gasteiger partial charge in [-0.25, -0.2) is 19.6 Å². The first-order valence-electron chi connectivity index (χ1n) is 20.4. The number of carbonyl (C=O) groups is 4. The van der Waals surface area contributed by atoms with Crippen LogP contribution >= 0.6 is 0 Å². The van der Waals surface area contributed by atoms with Crippen LogP contribution in [0.2, 0.25) is 0 Å². The maximum Gasteiger partial charge on any atom is 0.407 e. The van der Waals surface area contributed by atoms with Crippen LogP contribution in [0.4, 0.5) is 9.59 Å². The molecule has 4 atom stereocenters. The number of aromatic nitrogens is 4. The molecule has 2 aliphatic heterocycles. The minimum absolute atomic E-state index is 0.214. The monoisotopic (exact) mass is 820 g/mol. The van der Waals surface area contributed by atoms with Crippen molar-refractivity contribution in [1.82, 2.24) is 40.4 Å². The van der Waals surface area contributed by atoms with E-state index in [-0.39, 0.29) is 23.9 Å². The summed E-state index contributed by atoms with van der Waals surface area (Å²) in [6.45, 7) is 3.08. The SMILES string of the molecule is COC(=O)N[C@H](C(=O)N1CCC[C@@H]1c1ncc(-c2ccc(-c3ccc(-c4nc([C@@H]5CCCN5C(=O)[C@H](NC(=O)OC)c5ccccc5)[nH]c4C)cc3)cc2)[nH]1)c1ccccc1. The van der Waals surface area contributed by atoms with Crippen LogP contribution in [-0.2, 0) is 19.1 Å². The molecular formula is C47H48N8O6. The van der Waals surface area contributed by atoms with E-state index in [1.165, 1.54) is 14.2 Å². The molecule has 14 nitrogen and oxygen atoms in total. The van der Waals surface area contributed by atoms with Gasteiger partial charge in [-0.05, 0) is 60.4 Å². The van der Waals surface area contributed by atoms with Crippen molar-refractivity contribution in [2.24, 2.45) is 0 Å². The summed E-state index contributed by atoms with van der Waals surface area (Å²) >= 11 is 0. The highest BCUT2D eigenvalue weighted by molar-refractivity contribution is 5.88. The number of benzene rings is 4. The predicted molar refractivity (Wildman–Crippen MR) is 229 cm³/mol. The van der Waals surface area contributed by atoms with E-state index < -0.39 is 24.3 Å². The Morgan fingerprint density at radius 2 is 1.08 bits per heavy atom. The van der Waals surface area contributed by atoms with E-state index in [4.69, 9.17) is 19.4 Å². The van der Waals surface area contributed by atoms with Gasteiger partial charge in [0.1, 0.15) is 23.7 Å². The number of H-pyrrole nitrogens is 2. The van der Waals surface area contributed by atoms with Crippen LogP contribution in [0, 0.1) is 6.92 Å². The smallest absolute Gasteiger partial charge is 0.407 e. The average Bonchev–Trinajstić information content (AvgIpc) is 4.15. The Morgan fingerprint density at radius 1 is 0.623 bits per heavy atom. The van der Waals surface area contributed by atoms with E-state index >= 15 is 0 Å². The van der Waals surface area contributed by atoms with Crippen molar-refractivity contribution in [3.05, 3.63) is 144 Å². The third-order valence-electron chi connectivity index (χ3n) is 11.5. The Kier molecular flexibility index (Phi) is 11.9. The van der Waals surface area contributed by atoms with Crippen molar-refractivity contribution >= 4 is 24.0 Å². The van der Waals surface area contributed by atoms with Gasteiger partial charge in [0.15, 0.2) is 0 Å². The van der Waals surface area contributed by atoms with Crippen LogP contribution < -0.4 is 10.6 Å². The second kappa shape index (κ2) is 18.0. The number of aromatic amines is 2. The van der Waals surface area contributed by atoms with Crippen LogP contribution in [0.15, 0.2) is 115 Å². The molecule has 0 spiro atoms. The summed E-state index contributed by atoms with van der Waals surface area (Å²) in [7, 11) is 2.56. The summed E-state index contributed by atoms with van der Waals surface area (Å²) in [6.07, 6.45) is 3.57. The summed E-state index contributed by atoms with van der Waals surface area (Å²) in [4.78, 5) is 72.6. The maximum atomic E-state index is 14.0. The molecule has 4 N–H and O–H groups in total. The van der Waals surface area contributed by atoms with Gasteiger partial charge in [-0.3, -0.25) is 9.59 Å². The van der Waals surface area contributed by atoms with E-state index in [1.807, 2.05) is 79.7 Å². The van der Waals surface area contributed by atoms with Crippen molar-refractivity contribution in [2.45, 2.75) is 56.8 Å². The van der Waals surface area contributed by atoms with E-state index in [1.54, 1.807) is 16.0 Å². The minimum Gasteiger partial charge on any atom is -0.453 e. The average molecular weight is 821 g/mol. The quantitative estimate of drug-likeness (QED) is 0.102. The summed E-state index contributed by atoms with van der Waals surface area (Å²) < 4.78 is 9.67. The van der Waals surface area contributed by atoms with E-state index in [0.717, 1.165) is 65.0 Å². The molecule has 312 valence electrons. The zero-order valence-electron chi connectivity index (χ0n) is 34.3. The molecule has 6 aromatic rings. The lowest BCUT2D eigenvalue weighted by Gasteiger charge is -2.28. The highest BCUT2D eigenvalue weighted by Gasteiger charge is 2.39. The molecular weight excluding hydrogens is 773 g/mol. The summed E-state index contributed by atoms with van der Waals surface area (Å²) in [5.74, 6) is 0.978. The third-order valence-corrected chi connectivity index (χ3v) is 11.5. The third kappa shape index (κ3) is 8.60. The van der Waals surface area contributed by atoms with Gasteiger partial charge in [0.25, 0.3) is 11.8 Å². The molecule has 4 amide bonds. The molecule has 0 saturated carbocycles.